The lowest BCUT2D eigenvalue weighted by Crippen LogP contribution is -2.51. The summed E-state index contributed by atoms with van der Waals surface area (Å²) in [4.78, 5) is 56.4. The summed E-state index contributed by atoms with van der Waals surface area (Å²) in [5, 5.41) is 8.60. The van der Waals surface area contributed by atoms with Crippen LogP contribution in [0.2, 0.25) is 0 Å². The third-order valence-electron chi connectivity index (χ3n) is 8.59. The van der Waals surface area contributed by atoms with Crippen molar-refractivity contribution in [2.24, 2.45) is 10.8 Å². The van der Waals surface area contributed by atoms with Crippen molar-refractivity contribution in [1.29, 1.82) is 0 Å². The number of unbranched alkanes of at least 4 members (excludes halogenated alkanes) is 5. The monoisotopic (exact) mass is 647 g/mol. The maximum absolute atomic E-state index is 12.8. The number of aromatic amines is 1. The molecule has 46 heavy (non-hydrogen) atoms. The molecule has 11 nitrogen and oxygen atoms in total. The molecule has 0 saturated heterocycles. The summed E-state index contributed by atoms with van der Waals surface area (Å²) >= 11 is 0. The first-order valence-electron chi connectivity index (χ1n) is 17.2. The van der Waals surface area contributed by atoms with Crippen LogP contribution in [0.3, 0.4) is 0 Å². The van der Waals surface area contributed by atoms with Crippen LogP contribution in [0.25, 0.3) is 0 Å². The first-order valence-corrected chi connectivity index (χ1v) is 17.2. The zero-order valence-electron chi connectivity index (χ0n) is 30.0. The molecule has 1 aromatic rings. The number of rotatable bonds is 17. The van der Waals surface area contributed by atoms with Gasteiger partial charge in [-0.1, -0.05) is 53.4 Å². The third-order valence-corrected chi connectivity index (χ3v) is 8.59. The van der Waals surface area contributed by atoms with Gasteiger partial charge < -0.3 is 20.1 Å². The molecule has 1 aliphatic rings. The normalized spacial score (nSPS) is 19.6. The molecule has 2 atom stereocenters. The number of ether oxygens (including phenoxy) is 2. The minimum absolute atomic E-state index is 0.0727. The number of urea groups is 1. The number of carbonyl (C=O) groups is 3. The molecule has 0 bridgehead atoms. The number of nitrogens with one attached hydrogen (secondary N) is 4. The van der Waals surface area contributed by atoms with Gasteiger partial charge in [-0.25, -0.2) is 14.6 Å². The van der Waals surface area contributed by atoms with Gasteiger partial charge in [-0.15, -0.1) is 0 Å². The van der Waals surface area contributed by atoms with E-state index < -0.39 is 23.3 Å². The van der Waals surface area contributed by atoms with Crippen molar-refractivity contribution in [2.75, 3.05) is 11.9 Å². The zero-order chi connectivity index (χ0) is 34.6. The van der Waals surface area contributed by atoms with Gasteiger partial charge in [0.1, 0.15) is 11.2 Å². The Morgan fingerprint density at radius 1 is 0.957 bits per heavy atom. The van der Waals surface area contributed by atoms with E-state index in [2.05, 4.69) is 53.6 Å². The van der Waals surface area contributed by atoms with Crippen molar-refractivity contribution in [3.63, 3.8) is 0 Å². The predicted molar refractivity (Wildman–Crippen MR) is 182 cm³/mol. The molecule has 11 heteroatoms. The molecule has 1 aromatic heterocycles. The molecule has 1 aliphatic carbocycles. The van der Waals surface area contributed by atoms with Crippen LogP contribution in [0.15, 0.2) is 10.9 Å². The first kappa shape index (κ1) is 39.1. The molecule has 0 radical (unpaired) electrons. The molecule has 3 amide bonds. The van der Waals surface area contributed by atoms with Crippen LogP contribution < -0.4 is 21.5 Å². The molecular formula is C35H61N5O6. The summed E-state index contributed by atoms with van der Waals surface area (Å²) < 4.78 is 11.5. The van der Waals surface area contributed by atoms with Crippen LogP contribution >= 0.6 is 0 Å². The molecule has 1 fully saturated rings. The van der Waals surface area contributed by atoms with Crippen LogP contribution in [0.4, 0.5) is 15.5 Å². The molecule has 2 unspecified atom stereocenters. The quantitative estimate of drug-likeness (QED) is 0.101. The van der Waals surface area contributed by atoms with Gasteiger partial charge in [0.25, 0.3) is 5.56 Å². The Morgan fingerprint density at radius 3 is 2.24 bits per heavy atom. The Kier molecular flexibility index (Phi) is 14.6. The second-order valence-corrected chi connectivity index (χ2v) is 15.7. The predicted octanol–water partition coefficient (Wildman–Crippen LogP) is 7.53. The van der Waals surface area contributed by atoms with Gasteiger partial charge in [-0.3, -0.25) is 19.9 Å². The van der Waals surface area contributed by atoms with Crippen LogP contribution in [-0.4, -0.2) is 51.9 Å². The van der Waals surface area contributed by atoms with Gasteiger partial charge in [0.05, 0.1) is 0 Å². The number of nitrogens with zero attached hydrogens (tertiary/aromatic N) is 1. The van der Waals surface area contributed by atoms with Crippen molar-refractivity contribution in [1.82, 2.24) is 20.6 Å². The standard InChI is InChI=1S/C35H61N5O6/c1-10-11-12-13-15-18-33(5,6)45-28(42)17-14-16-19-34(7,8)46-31(44)36-24-35(9)22-26(21-32(3,4)23-35)38-30(43)40-29-37-25(2)20-27(41)39-29/h20,26H,10-19,21-24H2,1-9H3,(H,36,44)(H3,37,38,39,40,41,43). The molecule has 1 saturated carbocycles. The molecule has 0 aromatic carbocycles. The van der Waals surface area contributed by atoms with Crippen LogP contribution in [0, 0.1) is 17.8 Å². The van der Waals surface area contributed by atoms with Crippen LogP contribution in [0.5, 0.6) is 0 Å². The molecule has 0 spiro atoms. The van der Waals surface area contributed by atoms with Crippen molar-refractivity contribution < 1.29 is 23.9 Å². The van der Waals surface area contributed by atoms with Crippen LogP contribution in [-0.2, 0) is 14.3 Å². The third kappa shape index (κ3) is 15.5. The Labute approximate surface area is 276 Å². The number of amides is 3. The summed E-state index contributed by atoms with van der Waals surface area (Å²) in [7, 11) is 0. The van der Waals surface area contributed by atoms with Gasteiger partial charge in [0, 0.05) is 30.8 Å². The van der Waals surface area contributed by atoms with Gasteiger partial charge in [-0.05, 0) is 96.8 Å². The highest BCUT2D eigenvalue weighted by Gasteiger charge is 2.42. The van der Waals surface area contributed by atoms with Gasteiger partial charge in [0.2, 0.25) is 5.95 Å². The van der Waals surface area contributed by atoms with E-state index in [1.807, 2.05) is 27.7 Å². The smallest absolute Gasteiger partial charge is 0.407 e. The lowest BCUT2D eigenvalue weighted by molar-refractivity contribution is -0.157. The Hall–Kier alpha value is -3.11. The first-order chi connectivity index (χ1) is 21.3. The topological polar surface area (TPSA) is 152 Å². The molecule has 1 heterocycles. The second-order valence-electron chi connectivity index (χ2n) is 15.7. The fourth-order valence-corrected chi connectivity index (χ4v) is 6.85. The minimum atomic E-state index is -0.689. The summed E-state index contributed by atoms with van der Waals surface area (Å²) in [6.07, 6.45) is 11.0. The number of alkyl carbamates (subject to hydrolysis) is 1. The molecule has 4 N–H and O–H groups in total. The highest BCUT2D eigenvalue weighted by atomic mass is 16.6. The summed E-state index contributed by atoms with van der Waals surface area (Å²) in [5.74, 6) is -0.0783. The summed E-state index contributed by atoms with van der Waals surface area (Å²) in [6, 6.07) is 0.777. The number of hydrogen-bond donors (Lipinski definition) is 4. The average Bonchev–Trinajstić information content (AvgIpc) is 2.87. The van der Waals surface area contributed by atoms with Gasteiger partial charge in [0.15, 0.2) is 0 Å². The number of aromatic nitrogens is 2. The lowest BCUT2D eigenvalue weighted by atomic mass is 9.62. The molecule has 262 valence electrons. The summed E-state index contributed by atoms with van der Waals surface area (Å²) in [6.45, 7) is 18.4. The average molecular weight is 648 g/mol. The fourth-order valence-electron chi connectivity index (χ4n) is 6.85. The molecule has 0 aliphatic heterocycles. The highest BCUT2D eigenvalue weighted by molar-refractivity contribution is 5.87. The second kappa shape index (κ2) is 17.2. The van der Waals surface area contributed by atoms with Gasteiger partial charge >= 0.3 is 18.1 Å². The largest absolute Gasteiger partial charge is 0.460 e. The number of aryl methyl sites for hydroxylation is 1. The maximum atomic E-state index is 12.8. The van der Waals surface area contributed by atoms with E-state index in [1.54, 1.807) is 6.92 Å². The van der Waals surface area contributed by atoms with E-state index in [-0.39, 0.29) is 34.3 Å². The number of hydrogen-bond acceptors (Lipinski definition) is 7. The van der Waals surface area contributed by atoms with Gasteiger partial charge in [-0.2, -0.15) is 0 Å². The van der Waals surface area contributed by atoms with E-state index in [0.717, 1.165) is 32.1 Å². The fraction of sp³-hybridized carbons (Fsp3) is 0.800. The Balaban J connectivity index is 1.76. The Morgan fingerprint density at radius 2 is 1.59 bits per heavy atom. The zero-order valence-corrected chi connectivity index (χ0v) is 30.0. The maximum Gasteiger partial charge on any atom is 0.407 e. The van der Waals surface area contributed by atoms with E-state index in [4.69, 9.17) is 9.47 Å². The van der Waals surface area contributed by atoms with Crippen molar-refractivity contribution >= 4 is 24.0 Å². The van der Waals surface area contributed by atoms with E-state index >= 15 is 0 Å². The van der Waals surface area contributed by atoms with Crippen molar-refractivity contribution in [3.8, 4) is 0 Å². The molecular weight excluding hydrogens is 586 g/mol. The summed E-state index contributed by atoms with van der Waals surface area (Å²) in [5.41, 5.74) is -1.31. The number of carbonyl (C=O) groups excluding carboxylic acids is 3. The number of H-pyrrole nitrogens is 1. The van der Waals surface area contributed by atoms with Crippen molar-refractivity contribution in [2.45, 2.75) is 163 Å². The van der Waals surface area contributed by atoms with E-state index in [1.165, 1.54) is 31.7 Å². The van der Waals surface area contributed by atoms with E-state index in [0.29, 0.717) is 37.9 Å². The van der Waals surface area contributed by atoms with Crippen molar-refractivity contribution in [3.05, 3.63) is 22.1 Å². The number of anilines is 1. The van der Waals surface area contributed by atoms with Crippen LogP contribution in [0.1, 0.15) is 145 Å². The van der Waals surface area contributed by atoms with E-state index in [9.17, 15) is 19.2 Å². The minimum Gasteiger partial charge on any atom is -0.460 e. The Bertz CT molecular complexity index is 1210. The SMILES string of the molecule is CCCCCCCC(C)(C)OC(=O)CCCCC(C)(C)OC(=O)NCC1(C)CC(NC(=O)Nc2nc(C)cc(=O)[nH]2)CC(C)(C)C1. The molecule has 2 rings (SSSR count). The number of esters is 1. The lowest BCUT2D eigenvalue weighted by Gasteiger charge is -2.46. The highest BCUT2D eigenvalue weighted by Crippen LogP contribution is 2.45.